The van der Waals surface area contributed by atoms with Gasteiger partial charge in [0.05, 0.1) is 18.0 Å². The van der Waals surface area contributed by atoms with Crippen LogP contribution in [0.15, 0.2) is 54.6 Å². The fourth-order valence-corrected chi connectivity index (χ4v) is 3.08. The van der Waals surface area contributed by atoms with Crippen molar-refractivity contribution in [3.05, 3.63) is 60.2 Å². The van der Waals surface area contributed by atoms with Crippen LogP contribution in [-0.4, -0.2) is 38.0 Å². The number of nitrogens with zero attached hydrogens (tertiary/aromatic N) is 1. The van der Waals surface area contributed by atoms with E-state index >= 15 is 0 Å². The average Bonchev–Trinajstić information content (AvgIpc) is 2.56. The smallest absolute Gasteiger partial charge is 0.247 e. The number of benzene rings is 2. The number of hydrogen-bond donors (Lipinski definition) is 1. The Bertz CT molecular complexity index is 851. The fourth-order valence-electron chi connectivity index (χ4n) is 2.48. The summed E-state index contributed by atoms with van der Waals surface area (Å²) in [6.07, 6.45) is 1.02. The molecule has 2 rings (SSSR count). The van der Waals surface area contributed by atoms with Crippen molar-refractivity contribution in [1.82, 2.24) is 4.31 Å². The van der Waals surface area contributed by atoms with Crippen molar-refractivity contribution in [1.29, 1.82) is 0 Å². The Morgan fingerprint density at radius 2 is 1.62 bits per heavy atom. The second kappa shape index (κ2) is 8.33. The number of likely N-dealkylation sites (N-methyl/N-ethyl adjacent to an activating group) is 1. The number of sulfonamides is 1. The molecule has 0 spiro atoms. The van der Waals surface area contributed by atoms with Crippen molar-refractivity contribution in [2.75, 3.05) is 18.6 Å². The summed E-state index contributed by atoms with van der Waals surface area (Å²) in [5, 5.41) is 2.80. The predicted octanol–water partition coefficient (Wildman–Crippen LogP) is 3.05. The summed E-state index contributed by atoms with van der Waals surface area (Å²) < 4.78 is 30.8. The molecule has 140 valence electrons. The van der Waals surface area contributed by atoms with Crippen LogP contribution >= 0.6 is 0 Å². The molecule has 7 heteroatoms. The monoisotopic (exact) mass is 376 g/mol. The highest BCUT2D eigenvalue weighted by Gasteiger charge is 2.31. The zero-order valence-corrected chi connectivity index (χ0v) is 16.2. The van der Waals surface area contributed by atoms with Gasteiger partial charge in [0.2, 0.25) is 15.9 Å². The molecule has 2 aromatic rings. The van der Waals surface area contributed by atoms with E-state index in [1.54, 1.807) is 42.5 Å². The molecule has 0 saturated heterocycles. The van der Waals surface area contributed by atoms with Crippen molar-refractivity contribution in [3.8, 4) is 5.75 Å². The van der Waals surface area contributed by atoms with Crippen LogP contribution in [0.5, 0.6) is 5.75 Å². The zero-order chi connectivity index (χ0) is 19.3. The van der Waals surface area contributed by atoms with E-state index < -0.39 is 22.0 Å². The minimum atomic E-state index is -3.58. The number of hydrogen-bond acceptors (Lipinski definition) is 4. The van der Waals surface area contributed by atoms with E-state index in [-0.39, 0.29) is 6.10 Å². The molecular formula is C19H24N2O4S. The number of para-hydroxylation sites is 2. The quantitative estimate of drug-likeness (QED) is 0.806. The summed E-state index contributed by atoms with van der Waals surface area (Å²) in [7, 11) is -2.18. The summed E-state index contributed by atoms with van der Waals surface area (Å²) in [5.74, 6) is 0.0774. The van der Waals surface area contributed by atoms with Gasteiger partial charge in [-0.05, 0) is 31.5 Å². The molecule has 0 saturated carbocycles. The van der Waals surface area contributed by atoms with E-state index in [2.05, 4.69) is 5.32 Å². The first-order chi connectivity index (χ1) is 12.2. The van der Waals surface area contributed by atoms with Crippen molar-refractivity contribution in [3.63, 3.8) is 0 Å². The van der Waals surface area contributed by atoms with Gasteiger partial charge < -0.3 is 10.1 Å². The number of rotatable bonds is 7. The first kappa shape index (κ1) is 19.9. The molecule has 0 fully saturated rings. The fraction of sp³-hybridized carbons (Fsp3) is 0.316. The third kappa shape index (κ3) is 5.06. The van der Waals surface area contributed by atoms with Gasteiger partial charge in [-0.2, -0.15) is 4.31 Å². The van der Waals surface area contributed by atoms with E-state index in [1.807, 2.05) is 26.0 Å². The van der Waals surface area contributed by atoms with E-state index in [9.17, 15) is 13.2 Å². The highest BCUT2D eigenvalue weighted by Crippen LogP contribution is 2.28. The maximum atomic E-state index is 13.0. The Morgan fingerprint density at radius 3 is 2.19 bits per heavy atom. The summed E-state index contributed by atoms with van der Waals surface area (Å²) >= 11 is 0. The van der Waals surface area contributed by atoms with Gasteiger partial charge in [0.1, 0.15) is 11.8 Å². The highest BCUT2D eigenvalue weighted by atomic mass is 32.2. The Morgan fingerprint density at radius 1 is 1.04 bits per heavy atom. The second-order valence-electron chi connectivity index (χ2n) is 6.24. The summed E-state index contributed by atoms with van der Waals surface area (Å²) in [6, 6.07) is 14.9. The van der Waals surface area contributed by atoms with Crippen LogP contribution in [0, 0.1) is 0 Å². The van der Waals surface area contributed by atoms with Gasteiger partial charge in [-0.1, -0.05) is 42.5 Å². The lowest BCUT2D eigenvalue weighted by Gasteiger charge is -2.26. The maximum absolute atomic E-state index is 13.0. The lowest BCUT2D eigenvalue weighted by atomic mass is 10.1. The molecule has 0 aromatic heterocycles. The summed E-state index contributed by atoms with van der Waals surface area (Å²) in [5.41, 5.74) is 1.08. The van der Waals surface area contributed by atoms with Crippen molar-refractivity contribution in [2.45, 2.75) is 26.0 Å². The van der Waals surface area contributed by atoms with Gasteiger partial charge in [-0.25, -0.2) is 8.42 Å². The number of nitrogens with one attached hydrogen (secondary N) is 1. The SMILES string of the molecule is CC(C)Oc1ccccc1NC(=O)[C@@H](c1ccccc1)N(C)S(C)(=O)=O. The van der Waals surface area contributed by atoms with Gasteiger partial charge in [-0.15, -0.1) is 0 Å². The van der Waals surface area contributed by atoms with Crippen LogP contribution < -0.4 is 10.1 Å². The summed E-state index contributed by atoms with van der Waals surface area (Å²) in [6.45, 7) is 3.78. The van der Waals surface area contributed by atoms with Crippen LogP contribution in [-0.2, 0) is 14.8 Å². The molecule has 0 aliphatic heterocycles. The minimum absolute atomic E-state index is 0.0586. The predicted molar refractivity (Wildman–Crippen MR) is 103 cm³/mol. The number of amides is 1. The number of ether oxygens (including phenoxy) is 1. The largest absolute Gasteiger partial charge is 0.489 e. The molecule has 0 aliphatic carbocycles. The summed E-state index contributed by atoms with van der Waals surface area (Å²) in [4.78, 5) is 13.0. The average molecular weight is 376 g/mol. The van der Waals surface area contributed by atoms with Crippen LogP contribution in [0.25, 0.3) is 0 Å². The van der Waals surface area contributed by atoms with Crippen LogP contribution in [0.4, 0.5) is 5.69 Å². The van der Waals surface area contributed by atoms with Gasteiger partial charge in [0, 0.05) is 7.05 Å². The normalized spacial score (nSPS) is 12.8. The molecule has 0 bridgehead atoms. The van der Waals surface area contributed by atoms with Crippen molar-refractivity contribution >= 4 is 21.6 Å². The standard InChI is InChI=1S/C19H24N2O4S/c1-14(2)25-17-13-9-8-12-16(17)20-19(22)18(21(3)26(4,23)24)15-10-6-5-7-11-15/h5-14,18H,1-4H3,(H,20,22)/t18-/m1/s1. The Labute approximate surface area is 154 Å². The molecule has 0 heterocycles. The lowest BCUT2D eigenvalue weighted by molar-refractivity contribution is -0.119. The molecule has 0 unspecified atom stereocenters. The van der Waals surface area contributed by atoms with Crippen molar-refractivity contribution in [2.24, 2.45) is 0 Å². The molecule has 26 heavy (non-hydrogen) atoms. The van der Waals surface area contributed by atoms with Crippen LogP contribution in [0.3, 0.4) is 0 Å². The van der Waals surface area contributed by atoms with Gasteiger partial charge in [-0.3, -0.25) is 4.79 Å². The van der Waals surface area contributed by atoms with Gasteiger partial charge in [0.25, 0.3) is 0 Å². The van der Waals surface area contributed by atoms with E-state index in [0.29, 0.717) is 17.0 Å². The first-order valence-electron chi connectivity index (χ1n) is 8.24. The van der Waals surface area contributed by atoms with Crippen LogP contribution in [0.2, 0.25) is 0 Å². The van der Waals surface area contributed by atoms with Crippen LogP contribution in [0.1, 0.15) is 25.5 Å². The Kier molecular flexibility index (Phi) is 6.39. The Hall–Kier alpha value is -2.38. The first-order valence-corrected chi connectivity index (χ1v) is 10.1. The molecular weight excluding hydrogens is 352 g/mol. The van der Waals surface area contributed by atoms with E-state index in [1.165, 1.54) is 7.05 Å². The molecule has 1 amide bonds. The topological polar surface area (TPSA) is 75.7 Å². The Balaban J connectivity index is 2.37. The minimum Gasteiger partial charge on any atom is -0.489 e. The van der Waals surface area contributed by atoms with E-state index in [4.69, 9.17) is 4.74 Å². The molecule has 1 atom stereocenters. The van der Waals surface area contributed by atoms with E-state index in [0.717, 1.165) is 10.6 Å². The van der Waals surface area contributed by atoms with Gasteiger partial charge in [0.15, 0.2) is 0 Å². The molecule has 0 radical (unpaired) electrons. The van der Waals surface area contributed by atoms with Crippen molar-refractivity contribution < 1.29 is 17.9 Å². The lowest BCUT2D eigenvalue weighted by Crippen LogP contribution is -2.38. The number of anilines is 1. The zero-order valence-electron chi connectivity index (χ0n) is 15.3. The molecule has 1 N–H and O–H groups in total. The third-order valence-electron chi connectivity index (χ3n) is 3.76. The molecule has 6 nitrogen and oxygen atoms in total. The van der Waals surface area contributed by atoms with Gasteiger partial charge >= 0.3 is 0 Å². The number of carbonyl (C=O) groups excluding carboxylic acids is 1. The maximum Gasteiger partial charge on any atom is 0.247 e. The molecule has 2 aromatic carbocycles. The highest BCUT2D eigenvalue weighted by molar-refractivity contribution is 7.88. The molecule has 0 aliphatic rings. The third-order valence-corrected chi connectivity index (χ3v) is 5.02. The second-order valence-corrected chi connectivity index (χ2v) is 8.29. The number of carbonyl (C=O) groups is 1.